The van der Waals surface area contributed by atoms with Crippen LogP contribution in [0.3, 0.4) is 0 Å². The van der Waals surface area contributed by atoms with Gasteiger partial charge in [0, 0.05) is 12.3 Å². The van der Waals surface area contributed by atoms with Gasteiger partial charge in [0.05, 0.1) is 14.7 Å². The molecule has 0 spiro atoms. The zero-order chi connectivity index (χ0) is 11.2. The van der Waals surface area contributed by atoms with Crippen molar-refractivity contribution in [1.29, 1.82) is 0 Å². The molecule has 3 nitrogen and oxygen atoms in total. The van der Waals surface area contributed by atoms with Crippen molar-refractivity contribution in [3.63, 3.8) is 0 Å². The molecule has 0 aromatic rings. The van der Waals surface area contributed by atoms with Crippen molar-refractivity contribution in [1.82, 2.24) is 0 Å². The number of rotatable bonds is 7. The van der Waals surface area contributed by atoms with Gasteiger partial charge in [-0.25, -0.2) is 0 Å². The van der Waals surface area contributed by atoms with Crippen molar-refractivity contribution in [3.8, 4) is 0 Å². The third-order valence-electron chi connectivity index (χ3n) is 2.56. The molecule has 2 N–H and O–H groups in total. The molecule has 0 aliphatic heterocycles. The zero-order valence-electron chi connectivity index (χ0n) is 9.80. The van der Waals surface area contributed by atoms with Crippen LogP contribution in [0.5, 0.6) is 0 Å². The van der Waals surface area contributed by atoms with Crippen molar-refractivity contribution in [2.45, 2.75) is 31.2 Å². The normalized spacial score (nSPS) is 16.4. The Bertz CT molecular complexity index is 179. The highest BCUT2D eigenvalue weighted by Gasteiger charge is 2.38. The fourth-order valence-corrected chi connectivity index (χ4v) is 2.44. The molecule has 0 aromatic carbocycles. The van der Waals surface area contributed by atoms with Crippen LogP contribution in [0.25, 0.3) is 0 Å². The molecule has 0 saturated carbocycles. The van der Waals surface area contributed by atoms with E-state index in [1.165, 1.54) is 0 Å². The molecule has 0 amide bonds. The molecule has 0 fully saturated rings. The maximum absolute atomic E-state index is 6.34. The number of nitrogens with two attached hydrogens (primary N) is 1. The lowest BCUT2D eigenvalue weighted by Crippen LogP contribution is -2.62. The number of ether oxygens (including phenoxy) is 2. The minimum Gasteiger partial charge on any atom is -0.359 e. The summed E-state index contributed by atoms with van der Waals surface area (Å²) in [5.74, 6) is 0. The molecule has 0 aliphatic rings. The van der Waals surface area contributed by atoms with Gasteiger partial charge in [-0.2, -0.15) is 0 Å². The van der Waals surface area contributed by atoms with Crippen molar-refractivity contribution in [3.05, 3.63) is 12.7 Å². The van der Waals surface area contributed by atoms with Gasteiger partial charge in [-0.1, -0.05) is 25.7 Å². The molecule has 4 heteroatoms. The monoisotopic (exact) mass is 217 g/mol. The fraction of sp³-hybridized carbons (Fsp3) is 0.800. The van der Waals surface area contributed by atoms with Crippen LogP contribution in [0, 0.1) is 0 Å². The second kappa shape index (κ2) is 5.65. The third kappa shape index (κ3) is 3.92. The molecule has 0 aliphatic carbocycles. The first-order chi connectivity index (χ1) is 6.37. The molecule has 0 aromatic heterocycles. The summed E-state index contributed by atoms with van der Waals surface area (Å²) < 4.78 is 10.2. The molecule has 0 heterocycles. The lowest BCUT2D eigenvalue weighted by atomic mass is 10.2. The van der Waals surface area contributed by atoms with Gasteiger partial charge >= 0.3 is 0 Å². The topological polar surface area (TPSA) is 44.5 Å². The van der Waals surface area contributed by atoms with Crippen LogP contribution >= 0.6 is 0 Å². The Morgan fingerprint density at radius 2 is 2.00 bits per heavy atom. The molecule has 0 radical (unpaired) electrons. The van der Waals surface area contributed by atoms with E-state index in [0.29, 0.717) is 13.4 Å². The van der Waals surface area contributed by atoms with E-state index >= 15 is 0 Å². The summed E-state index contributed by atoms with van der Waals surface area (Å²) in [6.45, 7) is 11.3. The quantitative estimate of drug-likeness (QED) is 0.306. The van der Waals surface area contributed by atoms with Crippen LogP contribution in [0.15, 0.2) is 12.7 Å². The van der Waals surface area contributed by atoms with Gasteiger partial charge in [-0.15, -0.1) is 6.58 Å². The van der Waals surface area contributed by atoms with Gasteiger partial charge in [0.2, 0.25) is 0 Å². The Morgan fingerprint density at radius 3 is 2.36 bits per heavy atom. The van der Waals surface area contributed by atoms with E-state index in [2.05, 4.69) is 26.2 Å². The summed E-state index contributed by atoms with van der Waals surface area (Å²) in [6, 6.07) is 0. The van der Waals surface area contributed by atoms with Crippen molar-refractivity contribution >= 4 is 8.07 Å². The standard InChI is InChI=1S/C10H23NO2Si/c1-6-7-10(11,14(3,4)5)8-13-9-12-2/h6H,1,7-9,11H2,2-5H3. The smallest absolute Gasteiger partial charge is 0.146 e. The average molecular weight is 217 g/mol. The number of methoxy groups -OCH3 is 1. The highest BCUT2D eigenvalue weighted by molar-refractivity contribution is 6.79. The van der Waals surface area contributed by atoms with E-state index in [1.54, 1.807) is 7.11 Å². The van der Waals surface area contributed by atoms with Crippen LogP contribution in [-0.4, -0.2) is 33.7 Å². The highest BCUT2D eigenvalue weighted by Crippen LogP contribution is 2.22. The number of hydrogen-bond acceptors (Lipinski definition) is 3. The summed E-state index contributed by atoms with van der Waals surface area (Å²) in [4.78, 5) is 0. The van der Waals surface area contributed by atoms with Crippen molar-refractivity contribution in [2.24, 2.45) is 5.73 Å². The molecule has 1 atom stereocenters. The summed E-state index contributed by atoms with van der Waals surface area (Å²) in [6.07, 6.45) is 2.67. The van der Waals surface area contributed by atoms with E-state index in [1.807, 2.05) is 6.08 Å². The van der Waals surface area contributed by atoms with E-state index in [0.717, 1.165) is 6.42 Å². The van der Waals surface area contributed by atoms with Gasteiger partial charge in [-0.3, -0.25) is 0 Å². The van der Waals surface area contributed by atoms with Gasteiger partial charge in [0.1, 0.15) is 6.79 Å². The Balaban J connectivity index is 4.32. The Hall–Kier alpha value is -0.163. The van der Waals surface area contributed by atoms with E-state index in [9.17, 15) is 0 Å². The maximum Gasteiger partial charge on any atom is 0.146 e. The second-order valence-corrected chi connectivity index (χ2v) is 10.1. The van der Waals surface area contributed by atoms with Crippen LogP contribution in [0.4, 0.5) is 0 Å². The van der Waals surface area contributed by atoms with Crippen molar-refractivity contribution < 1.29 is 9.47 Å². The largest absolute Gasteiger partial charge is 0.359 e. The van der Waals surface area contributed by atoms with E-state index in [-0.39, 0.29) is 5.16 Å². The zero-order valence-corrected chi connectivity index (χ0v) is 10.8. The minimum absolute atomic E-state index is 0.243. The van der Waals surface area contributed by atoms with Gasteiger partial charge in [-0.05, 0) is 6.42 Å². The second-order valence-electron chi connectivity index (χ2n) is 4.65. The maximum atomic E-state index is 6.34. The van der Waals surface area contributed by atoms with Crippen LogP contribution in [0.1, 0.15) is 6.42 Å². The predicted molar refractivity (Wildman–Crippen MR) is 62.9 cm³/mol. The Morgan fingerprint density at radius 1 is 1.43 bits per heavy atom. The fourth-order valence-electron chi connectivity index (χ4n) is 1.15. The highest BCUT2D eigenvalue weighted by atomic mass is 28.3. The molecule has 84 valence electrons. The first-order valence-corrected chi connectivity index (χ1v) is 8.34. The molecule has 14 heavy (non-hydrogen) atoms. The van der Waals surface area contributed by atoms with Gasteiger partial charge in [0.25, 0.3) is 0 Å². The molecular weight excluding hydrogens is 194 g/mol. The van der Waals surface area contributed by atoms with Gasteiger partial charge < -0.3 is 15.2 Å². The first kappa shape index (κ1) is 13.8. The lowest BCUT2D eigenvalue weighted by molar-refractivity contribution is -0.0398. The average Bonchev–Trinajstić information content (AvgIpc) is 2.03. The summed E-state index contributed by atoms with van der Waals surface area (Å²) in [5.41, 5.74) is 6.34. The molecule has 0 rings (SSSR count). The summed E-state index contributed by atoms with van der Waals surface area (Å²) >= 11 is 0. The lowest BCUT2D eigenvalue weighted by Gasteiger charge is -2.39. The Kier molecular flexibility index (Phi) is 5.59. The molecule has 0 bridgehead atoms. The van der Waals surface area contributed by atoms with Crippen LogP contribution < -0.4 is 5.73 Å². The molecular formula is C10H23NO2Si. The van der Waals surface area contributed by atoms with Crippen LogP contribution in [0.2, 0.25) is 19.6 Å². The minimum atomic E-state index is -1.46. The van der Waals surface area contributed by atoms with E-state index < -0.39 is 8.07 Å². The van der Waals surface area contributed by atoms with Gasteiger partial charge in [0.15, 0.2) is 0 Å². The number of hydrogen-bond donors (Lipinski definition) is 1. The third-order valence-corrected chi connectivity index (χ3v) is 5.90. The summed E-state index contributed by atoms with van der Waals surface area (Å²) in [5, 5.41) is -0.243. The molecule has 1 unspecified atom stereocenters. The SMILES string of the molecule is C=CCC(N)(COCOC)[Si](C)(C)C. The first-order valence-electron chi connectivity index (χ1n) is 4.84. The molecule has 0 saturated heterocycles. The van der Waals surface area contributed by atoms with Crippen molar-refractivity contribution in [2.75, 3.05) is 20.5 Å². The summed E-state index contributed by atoms with van der Waals surface area (Å²) in [7, 11) is 0.155. The Labute approximate surface area is 88.3 Å². The van der Waals surface area contributed by atoms with Crippen LogP contribution in [-0.2, 0) is 9.47 Å². The predicted octanol–water partition coefficient (Wildman–Crippen LogP) is 1.76. The van der Waals surface area contributed by atoms with E-state index in [4.69, 9.17) is 15.2 Å².